The van der Waals surface area contributed by atoms with Crippen LogP contribution in [0.2, 0.25) is 0 Å². The molecule has 0 fully saturated rings. The van der Waals surface area contributed by atoms with Crippen molar-refractivity contribution >= 4 is 39.9 Å². The second kappa shape index (κ2) is 4.57. The molecule has 0 heterocycles. The minimum atomic E-state index is -0.579. The molecule has 1 aromatic carbocycles. The van der Waals surface area contributed by atoms with Crippen molar-refractivity contribution in [2.45, 2.75) is 5.88 Å². The highest BCUT2D eigenvalue weighted by atomic mass is 127. The molecule has 6 heteroatoms. The summed E-state index contributed by atoms with van der Waals surface area (Å²) in [4.78, 5) is 9.99. The average molecular weight is 322 g/mol. The lowest BCUT2D eigenvalue weighted by atomic mass is 10.1. The fourth-order valence-electron chi connectivity index (χ4n) is 0.948. The Kier molecular flexibility index (Phi) is 3.66. The van der Waals surface area contributed by atoms with Crippen LogP contribution in [0.4, 0.5) is 5.69 Å². The van der Waals surface area contributed by atoms with Crippen molar-refractivity contribution in [3.05, 3.63) is 36.9 Å². The molecule has 0 N–H and O–H groups in total. The summed E-state index contributed by atoms with van der Waals surface area (Å²) in [5, 5.41) is 19.2. The summed E-state index contributed by atoms with van der Waals surface area (Å²) in [6.45, 7) is 0. The largest absolute Gasteiger partial charge is 0.287 e. The van der Waals surface area contributed by atoms with Crippen molar-refractivity contribution in [1.82, 2.24) is 0 Å². The fourth-order valence-corrected chi connectivity index (χ4v) is 2.05. The highest BCUT2D eigenvalue weighted by Gasteiger charge is 2.16. The monoisotopic (exact) mass is 322 g/mol. The number of benzene rings is 1. The van der Waals surface area contributed by atoms with Crippen molar-refractivity contribution in [3.8, 4) is 6.07 Å². The molecule has 0 aliphatic carbocycles. The number of halogens is 2. The third-order valence-corrected chi connectivity index (χ3v) is 2.92. The molecule has 72 valence electrons. The first-order chi connectivity index (χ1) is 6.60. The molecule has 0 aliphatic heterocycles. The second-order valence-corrected chi connectivity index (χ2v) is 3.89. The normalized spacial score (nSPS) is 9.50. The van der Waals surface area contributed by atoms with Crippen LogP contribution in [-0.2, 0) is 5.88 Å². The topological polar surface area (TPSA) is 66.9 Å². The van der Waals surface area contributed by atoms with E-state index in [2.05, 4.69) is 0 Å². The van der Waals surface area contributed by atoms with Crippen LogP contribution >= 0.6 is 34.2 Å². The molecule has 0 saturated heterocycles. The molecule has 0 atom stereocenters. The van der Waals surface area contributed by atoms with Gasteiger partial charge in [0.05, 0.1) is 4.92 Å². The Morgan fingerprint density at radius 3 is 2.71 bits per heavy atom. The standard InChI is InChI=1S/C8H4ClIN2O2/c9-3-5-2-8(12(13)14)6(4-11)1-7(5)10/h1-2H,3H2. The van der Waals surface area contributed by atoms with E-state index in [1.807, 2.05) is 22.6 Å². The molecule has 0 aliphatic rings. The van der Waals surface area contributed by atoms with E-state index < -0.39 is 4.92 Å². The Bertz CT molecular complexity index is 428. The second-order valence-electron chi connectivity index (χ2n) is 2.46. The van der Waals surface area contributed by atoms with Crippen molar-refractivity contribution in [3.63, 3.8) is 0 Å². The lowest BCUT2D eigenvalue weighted by Gasteiger charge is -2.01. The van der Waals surface area contributed by atoms with Gasteiger partial charge in [-0.15, -0.1) is 11.6 Å². The molecular weight excluding hydrogens is 318 g/mol. The average Bonchev–Trinajstić information content (AvgIpc) is 2.16. The Hall–Kier alpha value is -0.870. The van der Waals surface area contributed by atoms with Gasteiger partial charge in [-0.05, 0) is 34.2 Å². The molecule has 0 spiro atoms. The predicted molar refractivity (Wildman–Crippen MR) is 60.1 cm³/mol. The number of nitro groups is 1. The summed E-state index contributed by atoms with van der Waals surface area (Å²) in [7, 11) is 0. The first-order valence-corrected chi connectivity index (χ1v) is 5.14. The zero-order valence-corrected chi connectivity index (χ0v) is 9.74. The maximum Gasteiger partial charge on any atom is 0.287 e. The fraction of sp³-hybridized carbons (Fsp3) is 0.125. The van der Waals surface area contributed by atoms with Gasteiger partial charge in [-0.2, -0.15) is 5.26 Å². The third-order valence-electron chi connectivity index (χ3n) is 1.63. The summed E-state index contributed by atoms with van der Waals surface area (Å²) in [6, 6.07) is 4.59. The number of rotatable bonds is 2. The van der Waals surface area contributed by atoms with Crippen LogP contribution in [-0.4, -0.2) is 4.92 Å². The highest BCUT2D eigenvalue weighted by Crippen LogP contribution is 2.25. The predicted octanol–water partition coefficient (Wildman–Crippen LogP) is 2.81. The zero-order valence-electron chi connectivity index (χ0n) is 6.83. The smallest absolute Gasteiger partial charge is 0.258 e. The van der Waals surface area contributed by atoms with Crippen LogP contribution < -0.4 is 0 Å². The Balaban J connectivity index is 3.42. The van der Waals surface area contributed by atoms with E-state index in [0.717, 1.165) is 3.57 Å². The lowest BCUT2D eigenvalue weighted by Crippen LogP contribution is -1.96. The Morgan fingerprint density at radius 2 is 2.29 bits per heavy atom. The summed E-state index contributed by atoms with van der Waals surface area (Å²) in [5.41, 5.74) is 0.537. The number of nitrogens with zero attached hydrogens (tertiary/aromatic N) is 2. The van der Waals surface area contributed by atoms with Gasteiger partial charge < -0.3 is 0 Å². The molecule has 1 aromatic rings. The lowest BCUT2D eigenvalue weighted by molar-refractivity contribution is -0.385. The summed E-state index contributed by atoms with van der Waals surface area (Å²) in [6.07, 6.45) is 0. The molecule has 1 rings (SSSR count). The van der Waals surface area contributed by atoms with Gasteiger partial charge in [0.1, 0.15) is 11.6 Å². The van der Waals surface area contributed by atoms with Crippen LogP contribution in [0.15, 0.2) is 12.1 Å². The summed E-state index contributed by atoms with van der Waals surface area (Å²) < 4.78 is 0.764. The van der Waals surface area contributed by atoms with Crippen LogP contribution in [0.25, 0.3) is 0 Å². The molecule has 0 aromatic heterocycles. The first kappa shape index (κ1) is 11.2. The molecule has 0 saturated carbocycles. The van der Waals surface area contributed by atoms with E-state index in [4.69, 9.17) is 16.9 Å². The minimum absolute atomic E-state index is 0.0632. The number of nitro benzene ring substituents is 1. The van der Waals surface area contributed by atoms with Crippen LogP contribution in [0.5, 0.6) is 0 Å². The van der Waals surface area contributed by atoms with Gasteiger partial charge >= 0.3 is 0 Å². The van der Waals surface area contributed by atoms with E-state index in [1.54, 1.807) is 6.07 Å². The van der Waals surface area contributed by atoms with Gasteiger partial charge in [-0.3, -0.25) is 10.1 Å². The van der Waals surface area contributed by atoms with Gasteiger partial charge in [-0.1, -0.05) is 0 Å². The number of alkyl halides is 1. The van der Waals surface area contributed by atoms with Gasteiger partial charge in [0.2, 0.25) is 0 Å². The Labute approximate surface area is 98.8 Å². The van der Waals surface area contributed by atoms with Crippen molar-refractivity contribution < 1.29 is 4.92 Å². The Morgan fingerprint density at radius 1 is 1.64 bits per heavy atom. The van der Waals surface area contributed by atoms with Gasteiger partial charge in [0.15, 0.2) is 0 Å². The molecular formula is C8H4ClIN2O2. The maximum absolute atomic E-state index is 10.6. The van der Waals surface area contributed by atoms with E-state index in [-0.39, 0.29) is 17.1 Å². The number of hydrogen-bond acceptors (Lipinski definition) is 3. The maximum atomic E-state index is 10.6. The number of nitriles is 1. The molecule has 0 unspecified atom stereocenters. The zero-order chi connectivity index (χ0) is 10.7. The van der Waals surface area contributed by atoms with Crippen molar-refractivity contribution in [1.29, 1.82) is 5.26 Å². The first-order valence-electron chi connectivity index (χ1n) is 3.53. The van der Waals surface area contributed by atoms with E-state index >= 15 is 0 Å². The minimum Gasteiger partial charge on any atom is -0.258 e. The molecule has 4 nitrogen and oxygen atoms in total. The molecule has 14 heavy (non-hydrogen) atoms. The summed E-state index contributed by atoms with van der Waals surface area (Å²) >= 11 is 7.59. The molecule has 0 bridgehead atoms. The molecule has 0 amide bonds. The quantitative estimate of drug-likeness (QED) is 0.364. The van der Waals surface area contributed by atoms with Crippen molar-refractivity contribution in [2.75, 3.05) is 0 Å². The van der Waals surface area contributed by atoms with Crippen LogP contribution in [0.3, 0.4) is 0 Å². The van der Waals surface area contributed by atoms with Crippen LogP contribution in [0, 0.1) is 25.0 Å². The van der Waals surface area contributed by atoms with Gasteiger partial charge in [0, 0.05) is 15.5 Å². The van der Waals surface area contributed by atoms with Gasteiger partial charge in [-0.25, -0.2) is 0 Å². The number of hydrogen-bond donors (Lipinski definition) is 0. The van der Waals surface area contributed by atoms with Crippen molar-refractivity contribution in [2.24, 2.45) is 0 Å². The highest BCUT2D eigenvalue weighted by molar-refractivity contribution is 14.1. The SMILES string of the molecule is N#Cc1cc(I)c(CCl)cc1[N+](=O)[O-]. The summed E-state index contributed by atoms with van der Waals surface area (Å²) in [5.74, 6) is 0.199. The molecule has 0 radical (unpaired) electrons. The van der Waals surface area contributed by atoms with Gasteiger partial charge in [0.25, 0.3) is 5.69 Å². The third kappa shape index (κ3) is 2.13. The van der Waals surface area contributed by atoms with E-state index in [0.29, 0.717) is 5.56 Å². The van der Waals surface area contributed by atoms with Crippen LogP contribution in [0.1, 0.15) is 11.1 Å². The van der Waals surface area contributed by atoms with E-state index in [1.165, 1.54) is 12.1 Å². The van der Waals surface area contributed by atoms with E-state index in [9.17, 15) is 10.1 Å².